The second kappa shape index (κ2) is 6.01. The molecular weight excluding hydrogens is 296 g/mol. The highest BCUT2D eigenvalue weighted by atomic mass is 35.5. The maximum Gasteiger partial charge on any atom is 0.325 e. The molecule has 0 spiro atoms. The summed E-state index contributed by atoms with van der Waals surface area (Å²) >= 11 is 0. The summed E-state index contributed by atoms with van der Waals surface area (Å²) in [5.41, 5.74) is 5.58. The first kappa shape index (κ1) is 16.8. The van der Waals surface area contributed by atoms with Crippen LogP contribution in [0.2, 0.25) is 0 Å². The van der Waals surface area contributed by atoms with E-state index in [0.717, 1.165) is 0 Å². The Kier molecular flexibility index (Phi) is 4.80. The van der Waals surface area contributed by atoms with Gasteiger partial charge in [0, 0.05) is 0 Å². The molecule has 0 atom stereocenters. The summed E-state index contributed by atoms with van der Waals surface area (Å²) < 4.78 is 0. The van der Waals surface area contributed by atoms with Gasteiger partial charge in [-0.05, 0) is 26.0 Å². The van der Waals surface area contributed by atoms with Gasteiger partial charge in [0.25, 0.3) is 5.91 Å². The van der Waals surface area contributed by atoms with Crippen LogP contribution < -0.4 is 16.4 Å². The number of benzene rings is 1. The number of anilines is 2. The SMILES string of the molecule is CC1(C)C(=O)NC(=O)N1CC(=O)Nc1ccccc1N.Cl. The second-order valence-electron chi connectivity index (χ2n) is 5.04. The van der Waals surface area contributed by atoms with Crippen LogP contribution in [0.5, 0.6) is 0 Å². The first-order valence-electron chi connectivity index (χ1n) is 6.10. The fraction of sp³-hybridized carbons (Fsp3) is 0.308. The van der Waals surface area contributed by atoms with Gasteiger partial charge in [-0.1, -0.05) is 12.1 Å². The molecule has 114 valence electrons. The third-order valence-electron chi connectivity index (χ3n) is 3.23. The van der Waals surface area contributed by atoms with Crippen molar-refractivity contribution in [3.05, 3.63) is 24.3 Å². The van der Waals surface area contributed by atoms with Crippen molar-refractivity contribution in [1.82, 2.24) is 10.2 Å². The highest BCUT2D eigenvalue weighted by Gasteiger charge is 2.46. The lowest BCUT2D eigenvalue weighted by Crippen LogP contribution is -2.47. The Labute approximate surface area is 128 Å². The summed E-state index contributed by atoms with van der Waals surface area (Å²) in [5, 5.41) is 4.79. The van der Waals surface area contributed by atoms with Crippen LogP contribution in [-0.2, 0) is 9.59 Å². The maximum atomic E-state index is 12.0. The van der Waals surface area contributed by atoms with Crippen molar-refractivity contribution in [2.75, 3.05) is 17.6 Å². The monoisotopic (exact) mass is 312 g/mol. The van der Waals surface area contributed by atoms with Gasteiger partial charge in [-0.15, -0.1) is 12.4 Å². The van der Waals surface area contributed by atoms with Crippen LogP contribution in [0.15, 0.2) is 24.3 Å². The zero-order valence-corrected chi connectivity index (χ0v) is 12.5. The summed E-state index contributed by atoms with van der Waals surface area (Å²) in [7, 11) is 0. The summed E-state index contributed by atoms with van der Waals surface area (Å²) in [6, 6.07) is 6.23. The quantitative estimate of drug-likeness (QED) is 0.571. The van der Waals surface area contributed by atoms with Crippen molar-refractivity contribution in [2.45, 2.75) is 19.4 Å². The van der Waals surface area contributed by atoms with E-state index in [2.05, 4.69) is 10.6 Å². The number of carbonyl (C=O) groups is 3. The first-order chi connectivity index (χ1) is 9.32. The van der Waals surface area contributed by atoms with Crippen LogP contribution in [0, 0.1) is 0 Å². The number of urea groups is 1. The molecule has 1 aromatic rings. The van der Waals surface area contributed by atoms with Crippen molar-refractivity contribution >= 4 is 41.6 Å². The largest absolute Gasteiger partial charge is 0.397 e. The highest BCUT2D eigenvalue weighted by Crippen LogP contribution is 2.21. The van der Waals surface area contributed by atoms with Gasteiger partial charge in [0.15, 0.2) is 0 Å². The topological polar surface area (TPSA) is 105 Å². The Morgan fingerprint density at radius 2 is 1.95 bits per heavy atom. The molecule has 21 heavy (non-hydrogen) atoms. The Balaban J connectivity index is 0.00000220. The number of nitrogens with one attached hydrogen (secondary N) is 2. The van der Waals surface area contributed by atoms with E-state index in [0.29, 0.717) is 11.4 Å². The molecule has 0 aliphatic carbocycles. The molecular formula is C13H17ClN4O3. The number of nitrogen functional groups attached to an aromatic ring is 1. The molecule has 0 aromatic heterocycles. The van der Waals surface area contributed by atoms with E-state index < -0.39 is 23.4 Å². The van der Waals surface area contributed by atoms with E-state index in [-0.39, 0.29) is 19.0 Å². The van der Waals surface area contributed by atoms with Gasteiger partial charge in [-0.25, -0.2) is 4.79 Å². The molecule has 4 amide bonds. The standard InChI is InChI=1S/C13H16N4O3.ClH/c1-13(2)11(19)16-12(20)17(13)7-10(18)15-9-6-4-3-5-8(9)14;/h3-6H,7,14H2,1-2H3,(H,15,18)(H,16,19,20);1H. The Morgan fingerprint density at radius 3 is 2.48 bits per heavy atom. The molecule has 1 saturated heterocycles. The minimum absolute atomic E-state index is 0. The van der Waals surface area contributed by atoms with Crippen molar-refractivity contribution in [3.8, 4) is 0 Å². The predicted molar refractivity (Wildman–Crippen MR) is 81.1 cm³/mol. The average Bonchev–Trinajstić information content (AvgIpc) is 2.55. The van der Waals surface area contributed by atoms with Crippen LogP contribution in [-0.4, -0.2) is 34.8 Å². The molecule has 0 unspecified atom stereocenters. The minimum Gasteiger partial charge on any atom is -0.397 e. The van der Waals surface area contributed by atoms with E-state index in [1.54, 1.807) is 38.1 Å². The van der Waals surface area contributed by atoms with Gasteiger partial charge in [0.05, 0.1) is 11.4 Å². The molecule has 0 bridgehead atoms. The molecule has 8 heteroatoms. The smallest absolute Gasteiger partial charge is 0.325 e. The van der Waals surface area contributed by atoms with Crippen LogP contribution in [0.1, 0.15) is 13.8 Å². The fourth-order valence-electron chi connectivity index (χ4n) is 1.91. The van der Waals surface area contributed by atoms with E-state index in [9.17, 15) is 14.4 Å². The zero-order valence-electron chi connectivity index (χ0n) is 11.7. The number of nitrogens with zero attached hydrogens (tertiary/aromatic N) is 1. The zero-order chi connectivity index (χ0) is 14.9. The number of carbonyl (C=O) groups excluding carboxylic acids is 3. The van der Waals surface area contributed by atoms with Crippen molar-refractivity contribution in [2.24, 2.45) is 0 Å². The fourth-order valence-corrected chi connectivity index (χ4v) is 1.91. The van der Waals surface area contributed by atoms with E-state index >= 15 is 0 Å². The Morgan fingerprint density at radius 1 is 1.33 bits per heavy atom. The number of nitrogens with two attached hydrogens (primary N) is 1. The average molecular weight is 313 g/mol. The highest BCUT2D eigenvalue weighted by molar-refractivity contribution is 6.08. The Bertz CT molecular complexity index is 589. The summed E-state index contributed by atoms with van der Waals surface area (Å²) in [6.45, 7) is 2.94. The number of para-hydroxylation sites is 2. The molecule has 1 aromatic carbocycles. The van der Waals surface area contributed by atoms with E-state index in [4.69, 9.17) is 5.73 Å². The number of halogens is 1. The van der Waals surface area contributed by atoms with Crippen molar-refractivity contribution < 1.29 is 14.4 Å². The number of hydrogen-bond acceptors (Lipinski definition) is 4. The minimum atomic E-state index is -1.04. The maximum absolute atomic E-state index is 12.0. The molecule has 1 aliphatic heterocycles. The molecule has 7 nitrogen and oxygen atoms in total. The van der Waals surface area contributed by atoms with Gasteiger partial charge < -0.3 is 16.0 Å². The van der Waals surface area contributed by atoms with Gasteiger partial charge in [0.1, 0.15) is 12.1 Å². The lowest BCUT2D eigenvalue weighted by molar-refractivity contribution is -0.126. The predicted octanol–water partition coefficient (Wildman–Crippen LogP) is 0.959. The van der Waals surface area contributed by atoms with Gasteiger partial charge >= 0.3 is 6.03 Å². The van der Waals surface area contributed by atoms with Gasteiger partial charge in [0.2, 0.25) is 5.91 Å². The van der Waals surface area contributed by atoms with Crippen LogP contribution >= 0.6 is 12.4 Å². The number of amides is 4. The number of hydrogen-bond donors (Lipinski definition) is 3. The molecule has 4 N–H and O–H groups in total. The molecule has 0 saturated carbocycles. The third-order valence-corrected chi connectivity index (χ3v) is 3.23. The van der Waals surface area contributed by atoms with Crippen molar-refractivity contribution in [3.63, 3.8) is 0 Å². The molecule has 1 fully saturated rings. The normalized spacial score (nSPS) is 16.2. The summed E-state index contributed by atoms with van der Waals surface area (Å²) in [4.78, 5) is 36.4. The summed E-state index contributed by atoms with van der Waals surface area (Å²) in [5.74, 6) is -0.838. The molecule has 0 radical (unpaired) electrons. The first-order valence-corrected chi connectivity index (χ1v) is 6.10. The summed E-state index contributed by atoms with van der Waals surface area (Å²) in [6.07, 6.45) is 0. The molecule has 1 heterocycles. The van der Waals surface area contributed by atoms with Gasteiger partial charge in [-0.2, -0.15) is 0 Å². The Hall–Kier alpha value is -2.28. The van der Waals surface area contributed by atoms with Crippen LogP contribution in [0.3, 0.4) is 0 Å². The van der Waals surface area contributed by atoms with Crippen LogP contribution in [0.25, 0.3) is 0 Å². The lowest BCUT2D eigenvalue weighted by atomic mass is 10.0. The van der Waals surface area contributed by atoms with Crippen LogP contribution in [0.4, 0.5) is 16.2 Å². The lowest BCUT2D eigenvalue weighted by Gasteiger charge is -2.27. The molecule has 1 aliphatic rings. The molecule has 2 rings (SSSR count). The van der Waals surface area contributed by atoms with Crippen molar-refractivity contribution in [1.29, 1.82) is 0 Å². The van der Waals surface area contributed by atoms with E-state index in [1.807, 2.05) is 0 Å². The van der Waals surface area contributed by atoms with Gasteiger partial charge in [-0.3, -0.25) is 14.9 Å². The number of rotatable bonds is 3. The number of imide groups is 1. The van der Waals surface area contributed by atoms with E-state index in [1.165, 1.54) is 4.90 Å². The third kappa shape index (κ3) is 3.25. The second-order valence-corrected chi connectivity index (χ2v) is 5.04.